The highest BCUT2D eigenvalue weighted by Crippen LogP contribution is 2.17. The lowest BCUT2D eigenvalue weighted by Crippen LogP contribution is -2.48. The molecule has 0 unspecified atom stereocenters. The first kappa shape index (κ1) is 28.3. The van der Waals surface area contributed by atoms with Crippen LogP contribution in [0.2, 0.25) is 0 Å². The summed E-state index contributed by atoms with van der Waals surface area (Å²) in [5, 5.41) is 2.79. The van der Waals surface area contributed by atoms with Crippen LogP contribution >= 0.6 is 0 Å². The minimum atomic E-state index is -3.53. The molecule has 0 aromatic heterocycles. The molecule has 0 aliphatic heterocycles. The fraction of sp³-hybridized carbons (Fsp3) is 0.440. The summed E-state index contributed by atoms with van der Waals surface area (Å²) in [6, 6.07) is 13.1. The van der Waals surface area contributed by atoms with E-state index in [-0.39, 0.29) is 29.7 Å². The van der Waals surface area contributed by atoms with Gasteiger partial charge in [0.25, 0.3) is 0 Å². The van der Waals surface area contributed by atoms with Crippen LogP contribution < -0.4 is 14.8 Å². The van der Waals surface area contributed by atoms with Gasteiger partial charge >= 0.3 is 0 Å². The van der Waals surface area contributed by atoms with E-state index in [1.165, 1.54) is 12.1 Å². The molecular weight excluding hydrogens is 470 g/mol. The van der Waals surface area contributed by atoms with Crippen molar-refractivity contribution in [1.29, 1.82) is 0 Å². The molecule has 9 nitrogen and oxygen atoms in total. The minimum Gasteiger partial charge on any atom is -0.497 e. The molecule has 0 heterocycles. The van der Waals surface area contributed by atoms with Gasteiger partial charge in [-0.25, -0.2) is 13.1 Å². The number of carbonyl (C=O) groups is 2. The van der Waals surface area contributed by atoms with Crippen LogP contribution in [0.5, 0.6) is 5.75 Å². The van der Waals surface area contributed by atoms with Crippen LogP contribution in [0.25, 0.3) is 0 Å². The Morgan fingerprint density at radius 1 is 1.00 bits per heavy atom. The van der Waals surface area contributed by atoms with Crippen molar-refractivity contribution in [2.24, 2.45) is 0 Å². The normalized spacial score (nSPS) is 12.1. The second kappa shape index (κ2) is 13.8. The second-order valence-electron chi connectivity index (χ2n) is 7.97. The van der Waals surface area contributed by atoms with Gasteiger partial charge in [-0.3, -0.25) is 9.59 Å². The lowest BCUT2D eigenvalue weighted by atomic mass is 10.1. The van der Waals surface area contributed by atoms with E-state index < -0.39 is 16.1 Å². The van der Waals surface area contributed by atoms with Crippen LogP contribution in [0, 0.1) is 0 Å². The quantitative estimate of drug-likeness (QED) is 0.380. The van der Waals surface area contributed by atoms with Gasteiger partial charge in [0.1, 0.15) is 11.8 Å². The lowest BCUT2D eigenvalue weighted by Gasteiger charge is -2.29. The minimum absolute atomic E-state index is 0.172. The molecule has 2 N–H and O–H groups in total. The van der Waals surface area contributed by atoms with Gasteiger partial charge in [0.2, 0.25) is 21.8 Å². The number of hydrogen-bond donors (Lipinski definition) is 2. The van der Waals surface area contributed by atoms with E-state index in [1.54, 1.807) is 45.1 Å². The Morgan fingerprint density at radius 2 is 1.63 bits per heavy atom. The van der Waals surface area contributed by atoms with Gasteiger partial charge in [0.15, 0.2) is 0 Å². The summed E-state index contributed by atoms with van der Waals surface area (Å²) >= 11 is 0. The average molecular weight is 506 g/mol. The van der Waals surface area contributed by atoms with E-state index >= 15 is 0 Å². The Morgan fingerprint density at radius 3 is 2.20 bits per heavy atom. The van der Waals surface area contributed by atoms with Crippen molar-refractivity contribution in [1.82, 2.24) is 14.9 Å². The van der Waals surface area contributed by atoms with E-state index in [0.29, 0.717) is 31.9 Å². The maximum Gasteiger partial charge on any atom is 0.242 e. The van der Waals surface area contributed by atoms with E-state index in [2.05, 4.69) is 10.0 Å². The highest BCUT2D eigenvalue weighted by molar-refractivity contribution is 7.89. The predicted molar refractivity (Wildman–Crippen MR) is 134 cm³/mol. The van der Waals surface area contributed by atoms with Crippen molar-refractivity contribution < 1.29 is 27.5 Å². The molecule has 2 rings (SSSR count). The van der Waals surface area contributed by atoms with Gasteiger partial charge in [-0.05, 0) is 48.7 Å². The van der Waals surface area contributed by atoms with Crippen LogP contribution in [0.4, 0.5) is 0 Å². The fourth-order valence-corrected chi connectivity index (χ4v) is 4.48. The van der Waals surface area contributed by atoms with E-state index in [9.17, 15) is 18.0 Å². The number of sulfonamides is 1. The number of nitrogens with one attached hydrogen (secondary N) is 2. The SMILES string of the molecule is CCNS(=O)(=O)c1ccc(CCC(=O)N(Cc2ccc(OC)cc2)[C@@H](C)C(=O)NCCOC)cc1. The summed E-state index contributed by atoms with van der Waals surface area (Å²) < 4.78 is 36.9. The van der Waals surface area contributed by atoms with Crippen molar-refractivity contribution in [3.05, 3.63) is 59.7 Å². The molecule has 10 heteroatoms. The first-order valence-electron chi connectivity index (χ1n) is 11.5. The number of hydrogen-bond acceptors (Lipinski definition) is 6. The number of carbonyl (C=O) groups excluding carboxylic acids is 2. The summed E-state index contributed by atoms with van der Waals surface area (Å²) in [4.78, 5) is 27.6. The molecule has 2 aromatic rings. The van der Waals surface area contributed by atoms with Gasteiger partial charge in [0.05, 0.1) is 18.6 Å². The molecular formula is C25H35N3O6S. The maximum absolute atomic E-state index is 13.2. The van der Waals surface area contributed by atoms with Crippen LogP contribution in [-0.4, -0.2) is 65.1 Å². The molecule has 0 fully saturated rings. The third-order valence-electron chi connectivity index (χ3n) is 5.48. The van der Waals surface area contributed by atoms with Crippen molar-refractivity contribution in [3.63, 3.8) is 0 Å². The summed E-state index contributed by atoms with van der Waals surface area (Å²) in [6.45, 7) is 4.72. The van der Waals surface area contributed by atoms with Crippen molar-refractivity contribution in [2.45, 2.75) is 44.2 Å². The smallest absolute Gasteiger partial charge is 0.242 e. The second-order valence-corrected chi connectivity index (χ2v) is 9.74. The van der Waals surface area contributed by atoms with Crippen LogP contribution in [0.15, 0.2) is 53.4 Å². The van der Waals surface area contributed by atoms with Gasteiger partial charge in [0, 0.05) is 33.2 Å². The molecule has 192 valence electrons. The number of nitrogens with zero attached hydrogens (tertiary/aromatic N) is 1. The fourth-order valence-electron chi connectivity index (χ4n) is 3.44. The number of aryl methyl sites for hydroxylation is 1. The number of ether oxygens (including phenoxy) is 2. The van der Waals surface area contributed by atoms with E-state index in [4.69, 9.17) is 9.47 Å². The first-order valence-corrected chi connectivity index (χ1v) is 13.0. The molecule has 0 aliphatic carbocycles. The van der Waals surface area contributed by atoms with Crippen molar-refractivity contribution >= 4 is 21.8 Å². The Hall–Kier alpha value is -2.95. The first-order chi connectivity index (χ1) is 16.7. The van der Waals surface area contributed by atoms with Crippen LogP contribution in [0.3, 0.4) is 0 Å². The molecule has 2 amide bonds. The Kier molecular flexibility index (Phi) is 11.2. The van der Waals surface area contributed by atoms with Gasteiger partial charge in [-0.1, -0.05) is 31.2 Å². The summed E-state index contributed by atoms with van der Waals surface area (Å²) in [6.07, 6.45) is 0.586. The third kappa shape index (κ3) is 8.65. The number of benzene rings is 2. The standard InChI is InChI=1S/C25H35N3O6S/c1-5-27-35(31,32)23-13-8-20(9-14-23)10-15-24(29)28(19(2)25(30)26-16-17-33-3)18-21-6-11-22(34-4)12-7-21/h6-9,11-14,19,27H,5,10,15-18H2,1-4H3,(H,26,30)/t19-/m0/s1. The van der Waals surface area contributed by atoms with E-state index in [1.807, 2.05) is 24.3 Å². The largest absolute Gasteiger partial charge is 0.497 e. The van der Waals surface area contributed by atoms with Crippen molar-refractivity contribution in [2.75, 3.05) is 33.9 Å². The summed E-state index contributed by atoms with van der Waals surface area (Å²) in [5.74, 6) is 0.262. The molecule has 0 bridgehead atoms. The average Bonchev–Trinajstić information content (AvgIpc) is 2.86. The molecule has 35 heavy (non-hydrogen) atoms. The van der Waals surface area contributed by atoms with Gasteiger partial charge in [-0.15, -0.1) is 0 Å². The van der Waals surface area contributed by atoms with Crippen LogP contribution in [-0.2, 0) is 37.3 Å². The zero-order chi connectivity index (χ0) is 25.8. The molecule has 1 atom stereocenters. The van der Waals surface area contributed by atoms with Crippen molar-refractivity contribution in [3.8, 4) is 5.75 Å². The van der Waals surface area contributed by atoms with Gasteiger partial charge in [-0.2, -0.15) is 0 Å². The zero-order valence-electron chi connectivity index (χ0n) is 20.7. The summed E-state index contributed by atoms with van der Waals surface area (Å²) in [5.41, 5.74) is 1.70. The van der Waals surface area contributed by atoms with E-state index in [0.717, 1.165) is 11.1 Å². The van der Waals surface area contributed by atoms with Crippen LogP contribution in [0.1, 0.15) is 31.4 Å². The number of amides is 2. The number of rotatable bonds is 14. The third-order valence-corrected chi connectivity index (χ3v) is 7.04. The molecule has 0 aliphatic rings. The predicted octanol–water partition coefficient (Wildman–Crippen LogP) is 2.11. The Labute approximate surface area is 207 Å². The molecule has 0 saturated heterocycles. The molecule has 2 aromatic carbocycles. The highest BCUT2D eigenvalue weighted by Gasteiger charge is 2.26. The molecule has 0 saturated carbocycles. The topological polar surface area (TPSA) is 114 Å². The molecule has 0 spiro atoms. The lowest BCUT2D eigenvalue weighted by molar-refractivity contribution is -0.140. The Bertz CT molecular complexity index is 1060. The summed E-state index contributed by atoms with van der Waals surface area (Å²) in [7, 11) is -0.394. The van der Waals surface area contributed by atoms with Gasteiger partial charge < -0.3 is 19.7 Å². The zero-order valence-corrected chi connectivity index (χ0v) is 21.6. The Balaban J connectivity index is 2.12. The molecule has 0 radical (unpaired) electrons. The number of methoxy groups -OCH3 is 2. The highest BCUT2D eigenvalue weighted by atomic mass is 32.2. The maximum atomic E-state index is 13.2. The monoisotopic (exact) mass is 505 g/mol.